The lowest BCUT2D eigenvalue weighted by atomic mass is 9.76. The number of hydrogen-bond acceptors (Lipinski definition) is 6. The Kier molecular flexibility index (Phi) is 11.3. The van der Waals surface area contributed by atoms with Gasteiger partial charge in [-0.3, -0.25) is 29.0 Å². The highest BCUT2D eigenvalue weighted by molar-refractivity contribution is 6.38. The second-order valence-corrected chi connectivity index (χ2v) is 12.1. The first-order valence-electron chi connectivity index (χ1n) is 13.8. The molecular formula is C32H44N2O5. The van der Waals surface area contributed by atoms with Crippen LogP contribution >= 0.6 is 0 Å². The molecule has 7 nitrogen and oxygen atoms in total. The van der Waals surface area contributed by atoms with E-state index in [2.05, 4.69) is 10.3 Å². The summed E-state index contributed by atoms with van der Waals surface area (Å²) >= 11 is 0. The number of ketones is 4. The van der Waals surface area contributed by atoms with Crippen LogP contribution in [-0.2, 0) is 30.4 Å². The fourth-order valence-electron chi connectivity index (χ4n) is 4.88. The molecule has 0 fully saturated rings. The van der Waals surface area contributed by atoms with Gasteiger partial charge in [-0.1, -0.05) is 65.0 Å². The van der Waals surface area contributed by atoms with E-state index in [0.717, 1.165) is 11.1 Å². The lowest BCUT2D eigenvalue weighted by molar-refractivity contribution is -0.141. The van der Waals surface area contributed by atoms with E-state index in [1.807, 2.05) is 71.9 Å². The third-order valence-electron chi connectivity index (χ3n) is 7.53. The van der Waals surface area contributed by atoms with Crippen molar-refractivity contribution in [3.8, 4) is 0 Å². The molecule has 1 aromatic carbocycles. The lowest BCUT2D eigenvalue weighted by Gasteiger charge is -2.30. The smallest absolute Gasteiger partial charge is 0.224 e. The fraction of sp³-hybridized carbons (Fsp3) is 0.562. The number of carbonyl (C=O) groups is 5. The van der Waals surface area contributed by atoms with E-state index in [1.165, 1.54) is 0 Å². The van der Waals surface area contributed by atoms with Crippen LogP contribution in [0.15, 0.2) is 46.5 Å². The minimum atomic E-state index is -0.860. The summed E-state index contributed by atoms with van der Waals surface area (Å²) in [6, 6.07) is 8.61. The summed E-state index contributed by atoms with van der Waals surface area (Å²) in [4.78, 5) is 69.5. The number of nitrogens with one attached hydrogen (secondary N) is 1. The number of aryl methyl sites for hydroxylation is 1. The SMILES string of the molecule is CC1=NCC(C)=C1C(=O)C[C@H](C(=O)N[C@@H](C)C(=O)C[C@H](C(=O)C(=O)CCc1ccccc1)C(C)C)C(C)(C)C. The molecule has 2 rings (SSSR count). The Morgan fingerprint density at radius 3 is 2.08 bits per heavy atom. The van der Waals surface area contributed by atoms with Crippen molar-refractivity contribution in [2.75, 3.05) is 6.54 Å². The molecule has 0 aliphatic carbocycles. The van der Waals surface area contributed by atoms with Crippen LogP contribution < -0.4 is 5.32 Å². The van der Waals surface area contributed by atoms with Crippen LogP contribution in [0.2, 0.25) is 0 Å². The molecule has 1 heterocycles. The molecule has 1 aromatic rings. The molecule has 0 aromatic heterocycles. The number of benzene rings is 1. The van der Waals surface area contributed by atoms with E-state index >= 15 is 0 Å². The fourth-order valence-corrected chi connectivity index (χ4v) is 4.88. The average molecular weight is 537 g/mol. The van der Waals surface area contributed by atoms with Gasteiger partial charge in [0.15, 0.2) is 17.3 Å². The predicted molar refractivity (Wildman–Crippen MR) is 154 cm³/mol. The van der Waals surface area contributed by atoms with Gasteiger partial charge < -0.3 is 5.32 Å². The maximum atomic E-state index is 13.3. The molecule has 0 spiro atoms. The van der Waals surface area contributed by atoms with Crippen molar-refractivity contribution in [3.63, 3.8) is 0 Å². The first kappa shape index (κ1) is 32.0. The summed E-state index contributed by atoms with van der Waals surface area (Å²) in [5.74, 6) is -3.46. The van der Waals surface area contributed by atoms with Crippen LogP contribution in [0.4, 0.5) is 0 Å². The topological polar surface area (TPSA) is 110 Å². The van der Waals surface area contributed by atoms with Crippen molar-refractivity contribution >= 4 is 34.8 Å². The number of rotatable bonds is 14. The highest BCUT2D eigenvalue weighted by atomic mass is 16.2. The minimum Gasteiger partial charge on any atom is -0.346 e. The quantitative estimate of drug-likeness (QED) is 0.340. The summed E-state index contributed by atoms with van der Waals surface area (Å²) in [5.41, 5.74) is 2.63. The largest absolute Gasteiger partial charge is 0.346 e. The molecule has 7 heteroatoms. The Hall–Kier alpha value is -3.22. The second-order valence-electron chi connectivity index (χ2n) is 12.1. The van der Waals surface area contributed by atoms with E-state index in [1.54, 1.807) is 13.8 Å². The number of carbonyl (C=O) groups excluding carboxylic acids is 5. The summed E-state index contributed by atoms with van der Waals surface area (Å²) in [6.45, 7) is 15.1. The van der Waals surface area contributed by atoms with Crippen LogP contribution in [0.5, 0.6) is 0 Å². The maximum Gasteiger partial charge on any atom is 0.224 e. The van der Waals surface area contributed by atoms with E-state index in [9.17, 15) is 24.0 Å². The van der Waals surface area contributed by atoms with E-state index in [4.69, 9.17) is 0 Å². The first-order valence-corrected chi connectivity index (χ1v) is 13.8. The molecule has 1 N–H and O–H groups in total. The predicted octanol–water partition coefficient (Wildman–Crippen LogP) is 4.91. The highest BCUT2D eigenvalue weighted by Crippen LogP contribution is 2.31. The first-order chi connectivity index (χ1) is 18.1. The van der Waals surface area contributed by atoms with Gasteiger partial charge in [0.2, 0.25) is 11.7 Å². The van der Waals surface area contributed by atoms with Gasteiger partial charge in [0.25, 0.3) is 0 Å². The number of nitrogens with zero attached hydrogens (tertiary/aromatic N) is 1. The summed E-state index contributed by atoms with van der Waals surface area (Å²) in [6.07, 6.45) is 0.438. The standard InChI is InChI=1S/C32H44N2O5/c1-19(2)24(30(38)26(35)15-14-23-12-10-9-11-13-23)16-27(36)21(4)34-31(39)25(32(6,7)8)17-28(37)29-20(3)18-33-22(29)5/h9-13,19,21,24-25H,14-18H2,1-8H3,(H,34,39)/t21-,24-,25+/m0/s1. The van der Waals surface area contributed by atoms with Crippen LogP contribution in [-0.4, -0.2) is 47.3 Å². The molecule has 1 aliphatic heterocycles. The van der Waals surface area contributed by atoms with Gasteiger partial charge >= 0.3 is 0 Å². The summed E-state index contributed by atoms with van der Waals surface area (Å²) in [7, 11) is 0. The number of Topliss-reactive ketones (excluding diaryl/α,β-unsaturated/α-hetero) is 4. The van der Waals surface area contributed by atoms with Gasteiger partial charge in [0.1, 0.15) is 0 Å². The highest BCUT2D eigenvalue weighted by Gasteiger charge is 2.37. The molecule has 1 aliphatic rings. The molecule has 0 saturated carbocycles. The molecule has 0 unspecified atom stereocenters. The van der Waals surface area contributed by atoms with Gasteiger partial charge in [-0.2, -0.15) is 0 Å². The number of amides is 1. The molecule has 39 heavy (non-hydrogen) atoms. The molecule has 0 bridgehead atoms. The van der Waals surface area contributed by atoms with Gasteiger partial charge in [0, 0.05) is 36.5 Å². The lowest BCUT2D eigenvalue weighted by Crippen LogP contribution is -2.46. The van der Waals surface area contributed by atoms with Crippen molar-refractivity contribution in [3.05, 3.63) is 47.0 Å². The van der Waals surface area contributed by atoms with E-state index in [-0.39, 0.29) is 42.7 Å². The zero-order valence-electron chi connectivity index (χ0n) is 24.7. The Morgan fingerprint density at radius 1 is 0.949 bits per heavy atom. The third kappa shape index (κ3) is 8.91. The van der Waals surface area contributed by atoms with Gasteiger partial charge in [0.05, 0.1) is 18.5 Å². The van der Waals surface area contributed by atoms with Crippen LogP contribution in [0.3, 0.4) is 0 Å². The summed E-state index contributed by atoms with van der Waals surface area (Å²) in [5, 5.41) is 2.78. The van der Waals surface area contributed by atoms with Crippen molar-refractivity contribution < 1.29 is 24.0 Å². The van der Waals surface area contributed by atoms with Crippen molar-refractivity contribution in [2.45, 2.75) is 87.1 Å². The molecular weight excluding hydrogens is 492 g/mol. The number of aliphatic imine (C=N–C) groups is 1. The monoisotopic (exact) mass is 536 g/mol. The normalized spacial score (nSPS) is 16.0. The van der Waals surface area contributed by atoms with Gasteiger partial charge in [-0.15, -0.1) is 0 Å². The summed E-state index contributed by atoms with van der Waals surface area (Å²) < 4.78 is 0. The van der Waals surface area contributed by atoms with Crippen molar-refractivity contribution in [1.29, 1.82) is 0 Å². The molecule has 3 atom stereocenters. The number of allylic oxidation sites excluding steroid dienone is 1. The Morgan fingerprint density at radius 2 is 1.56 bits per heavy atom. The van der Waals surface area contributed by atoms with Gasteiger partial charge in [-0.05, 0) is 49.7 Å². The second kappa shape index (κ2) is 13.7. The van der Waals surface area contributed by atoms with Crippen molar-refractivity contribution in [1.82, 2.24) is 5.32 Å². The average Bonchev–Trinajstić information content (AvgIpc) is 3.20. The van der Waals surface area contributed by atoms with Gasteiger partial charge in [-0.25, -0.2) is 0 Å². The maximum absolute atomic E-state index is 13.3. The minimum absolute atomic E-state index is 0.0127. The van der Waals surface area contributed by atoms with Crippen LogP contribution in [0.25, 0.3) is 0 Å². The van der Waals surface area contributed by atoms with E-state index < -0.39 is 34.9 Å². The van der Waals surface area contributed by atoms with Crippen molar-refractivity contribution in [2.24, 2.45) is 28.2 Å². The molecule has 0 radical (unpaired) electrons. The zero-order chi connectivity index (χ0) is 29.5. The molecule has 212 valence electrons. The third-order valence-corrected chi connectivity index (χ3v) is 7.53. The molecule has 1 amide bonds. The molecule has 0 saturated heterocycles. The number of hydrogen-bond donors (Lipinski definition) is 1. The Balaban J connectivity index is 2.04. The van der Waals surface area contributed by atoms with Crippen LogP contribution in [0.1, 0.15) is 80.2 Å². The Bertz CT molecular complexity index is 1150. The van der Waals surface area contributed by atoms with Crippen LogP contribution in [0, 0.1) is 23.2 Å². The zero-order valence-corrected chi connectivity index (χ0v) is 24.7. The Labute approximate surface area is 232 Å². The van der Waals surface area contributed by atoms with E-state index in [0.29, 0.717) is 24.3 Å².